The van der Waals surface area contributed by atoms with Crippen LogP contribution in [0.3, 0.4) is 0 Å². The normalized spacial score (nSPS) is 14.8. The van der Waals surface area contributed by atoms with Gasteiger partial charge in [-0.25, -0.2) is 0 Å². The Kier molecular flexibility index (Phi) is 6.10. The largest absolute Gasteiger partial charge is 0.351 e. The zero-order valence-corrected chi connectivity index (χ0v) is 12.6. The molecular weight excluding hydrogens is 268 g/mol. The summed E-state index contributed by atoms with van der Waals surface area (Å²) in [5.41, 5.74) is 6.32. The molecular formula is C16H22N2OS. The molecule has 4 heteroatoms. The highest BCUT2D eigenvalue weighted by Gasteiger charge is 2.15. The van der Waals surface area contributed by atoms with Crippen molar-refractivity contribution in [2.24, 2.45) is 11.7 Å². The first kappa shape index (κ1) is 15.1. The smallest absolute Gasteiger partial charge is 0.220 e. The van der Waals surface area contributed by atoms with Gasteiger partial charge in [0.2, 0.25) is 5.91 Å². The van der Waals surface area contributed by atoms with Gasteiger partial charge in [-0.2, -0.15) is 0 Å². The van der Waals surface area contributed by atoms with Crippen molar-refractivity contribution >= 4 is 17.2 Å². The van der Waals surface area contributed by atoms with Crippen LogP contribution >= 0.6 is 11.3 Å². The molecule has 0 aromatic carbocycles. The molecule has 108 valence electrons. The Morgan fingerprint density at radius 2 is 2.25 bits per heavy atom. The molecule has 1 fully saturated rings. The molecule has 0 bridgehead atoms. The quantitative estimate of drug-likeness (QED) is 0.819. The van der Waals surface area contributed by atoms with Gasteiger partial charge in [-0.15, -0.1) is 11.3 Å². The van der Waals surface area contributed by atoms with Gasteiger partial charge >= 0.3 is 0 Å². The summed E-state index contributed by atoms with van der Waals surface area (Å²) < 4.78 is 0. The molecule has 1 amide bonds. The molecule has 1 saturated carbocycles. The zero-order valence-electron chi connectivity index (χ0n) is 11.8. The second kappa shape index (κ2) is 8.08. The molecule has 0 spiro atoms. The van der Waals surface area contributed by atoms with E-state index in [1.165, 1.54) is 25.7 Å². The van der Waals surface area contributed by atoms with Crippen LogP contribution in [0.2, 0.25) is 0 Å². The van der Waals surface area contributed by atoms with Crippen LogP contribution in [-0.2, 0) is 11.3 Å². The van der Waals surface area contributed by atoms with Crippen molar-refractivity contribution < 1.29 is 4.79 Å². The first-order chi connectivity index (χ1) is 9.78. The third kappa shape index (κ3) is 4.99. The first-order valence-corrected chi connectivity index (χ1v) is 8.19. The molecule has 2 rings (SSSR count). The minimum absolute atomic E-state index is 0.167. The molecule has 1 aromatic rings. The van der Waals surface area contributed by atoms with Crippen molar-refractivity contribution in [3.63, 3.8) is 0 Å². The second-order valence-corrected chi connectivity index (χ2v) is 6.27. The van der Waals surface area contributed by atoms with Crippen molar-refractivity contribution in [3.8, 4) is 11.8 Å². The van der Waals surface area contributed by atoms with Gasteiger partial charge < -0.3 is 11.1 Å². The van der Waals surface area contributed by atoms with E-state index in [0.717, 1.165) is 22.8 Å². The number of hydrogen-bond donors (Lipinski definition) is 2. The van der Waals surface area contributed by atoms with E-state index in [1.807, 2.05) is 11.4 Å². The predicted octanol–water partition coefficient (Wildman–Crippen LogP) is 2.64. The number of hydrogen-bond acceptors (Lipinski definition) is 3. The van der Waals surface area contributed by atoms with E-state index < -0.39 is 0 Å². The summed E-state index contributed by atoms with van der Waals surface area (Å²) in [6.45, 7) is 0.988. The van der Waals surface area contributed by atoms with E-state index in [0.29, 0.717) is 19.5 Å². The molecule has 1 aromatic heterocycles. The minimum atomic E-state index is 0.167. The van der Waals surface area contributed by atoms with Crippen molar-refractivity contribution in [1.82, 2.24) is 5.32 Å². The SMILES string of the molecule is NCC#Cc1csc(CNC(=O)CCC2CCCC2)c1. The maximum absolute atomic E-state index is 11.8. The summed E-state index contributed by atoms with van der Waals surface area (Å²) in [7, 11) is 0. The lowest BCUT2D eigenvalue weighted by Crippen LogP contribution is -2.22. The van der Waals surface area contributed by atoms with E-state index in [4.69, 9.17) is 5.73 Å². The number of amides is 1. The second-order valence-electron chi connectivity index (χ2n) is 5.27. The lowest BCUT2D eigenvalue weighted by atomic mass is 10.0. The molecule has 1 aliphatic carbocycles. The number of nitrogens with two attached hydrogens (primary N) is 1. The predicted molar refractivity (Wildman–Crippen MR) is 83.3 cm³/mol. The average Bonchev–Trinajstić information content (AvgIpc) is 3.12. The fourth-order valence-corrected chi connectivity index (χ4v) is 3.36. The van der Waals surface area contributed by atoms with E-state index in [1.54, 1.807) is 11.3 Å². The summed E-state index contributed by atoms with van der Waals surface area (Å²) in [4.78, 5) is 12.9. The van der Waals surface area contributed by atoms with E-state index in [2.05, 4.69) is 17.2 Å². The third-order valence-corrected chi connectivity index (χ3v) is 4.64. The van der Waals surface area contributed by atoms with Crippen LogP contribution in [-0.4, -0.2) is 12.5 Å². The number of carbonyl (C=O) groups is 1. The molecule has 0 aliphatic heterocycles. The Morgan fingerprint density at radius 1 is 1.45 bits per heavy atom. The van der Waals surface area contributed by atoms with Crippen LogP contribution in [0.15, 0.2) is 11.4 Å². The van der Waals surface area contributed by atoms with Gasteiger partial charge in [0.1, 0.15) is 0 Å². The molecule has 1 heterocycles. The highest BCUT2D eigenvalue weighted by molar-refractivity contribution is 7.10. The van der Waals surface area contributed by atoms with Crippen molar-refractivity contribution in [3.05, 3.63) is 21.9 Å². The topological polar surface area (TPSA) is 55.1 Å². The Bertz CT molecular complexity index is 492. The number of nitrogens with one attached hydrogen (secondary N) is 1. The lowest BCUT2D eigenvalue weighted by Gasteiger charge is -2.08. The summed E-state index contributed by atoms with van der Waals surface area (Å²) in [5.74, 6) is 6.77. The molecule has 1 aliphatic rings. The first-order valence-electron chi connectivity index (χ1n) is 7.31. The van der Waals surface area contributed by atoms with Crippen LogP contribution in [0.1, 0.15) is 49.0 Å². The van der Waals surface area contributed by atoms with Crippen LogP contribution in [0, 0.1) is 17.8 Å². The number of rotatable bonds is 5. The monoisotopic (exact) mass is 290 g/mol. The Balaban J connectivity index is 1.68. The summed E-state index contributed by atoms with van der Waals surface area (Å²) >= 11 is 1.63. The fraction of sp³-hybridized carbons (Fsp3) is 0.562. The molecule has 0 saturated heterocycles. The molecule has 3 nitrogen and oxygen atoms in total. The molecule has 0 unspecified atom stereocenters. The highest BCUT2D eigenvalue weighted by Crippen LogP contribution is 2.28. The molecule has 3 N–H and O–H groups in total. The number of carbonyl (C=O) groups excluding carboxylic acids is 1. The Morgan fingerprint density at radius 3 is 3.00 bits per heavy atom. The summed E-state index contributed by atoms with van der Waals surface area (Å²) in [6, 6.07) is 2.02. The third-order valence-electron chi connectivity index (χ3n) is 3.70. The summed E-state index contributed by atoms with van der Waals surface area (Å²) in [6.07, 6.45) is 7.00. The van der Waals surface area contributed by atoms with Gasteiger partial charge in [0.25, 0.3) is 0 Å². The van der Waals surface area contributed by atoms with Gasteiger partial charge in [-0.1, -0.05) is 37.5 Å². The number of thiophene rings is 1. The van der Waals surface area contributed by atoms with Gasteiger partial charge in [0.05, 0.1) is 13.1 Å². The van der Waals surface area contributed by atoms with Crippen LogP contribution in [0.4, 0.5) is 0 Å². The van der Waals surface area contributed by atoms with Gasteiger partial charge in [0.15, 0.2) is 0 Å². The van der Waals surface area contributed by atoms with E-state index >= 15 is 0 Å². The van der Waals surface area contributed by atoms with E-state index in [-0.39, 0.29) is 5.91 Å². The van der Waals surface area contributed by atoms with Crippen molar-refractivity contribution in [2.75, 3.05) is 6.54 Å². The Hall–Kier alpha value is -1.31. The standard InChI is InChI=1S/C16H22N2OS/c17-9-3-6-14-10-15(20-12-14)11-18-16(19)8-7-13-4-1-2-5-13/h10,12-13H,1-2,4-5,7-9,11,17H2,(H,18,19). The van der Waals surface area contributed by atoms with Gasteiger partial charge in [0, 0.05) is 22.2 Å². The maximum Gasteiger partial charge on any atom is 0.220 e. The fourth-order valence-electron chi connectivity index (χ4n) is 2.60. The van der Waals surface area contributed by atoms with Crippen LogP contribution in [0.5, 0.6) is 0 Å². The maximum atomic E-state index is 11.8. The zero-order chi connectivity index (χ0) is 14.2. The van der Waals surface area contributed by atoms with Crippen molar-refractivity contribution in [1.29, 1.82) is 0 Å². The summed E-state index contributed by atoms with van der Waals surface area (Å²) in [5, 5.41) is 4.99. The average molecular weight is 290 g/mol. The van der Waals surface area contributed by atoms with E-state index in [9.17, 15) is 4.79 Å². The van der Waals surface area contributed by atoms with Crippen LogP contribution in [0.25, 0.3) is 0 Å². The molecule has 0 atom stereocenters. The Labute approximate surface area is 124 Å². The lowest BCUT2D eigenvalue weighted by molar-refractivity contribution is -0.121. The molecule has 20 heavy (non-hydrogen) atoms. The van der Waals surface area contributed by atoms with Crippen molar-refractivity contribution in [2.45, 2.75) is 45.1 Å². The minimum Gasteiger partial charge on any atom is -0.351 e. The van der Waals surface area contributed by atoms with Gasteiger partial charge in [-0.3, -0.25) is 4.79 Å². The highest BCUT2D eigenvalue weighted by atomic mass is 32.1. The van der Waals surface area contributed by atoms with Crippen LogP contribution < -0.4 is 11.1 Å². The van der Waals surface area contributed by atoms with Gasteiger partial charge in [-0.05, 0) is 18.4 Å². The molecule has 0 radical (unpaired) electrons.